The lowest BCUT2D eigenvalue weighted by molar-refractivity contribution is -0.123. The van der Waals surface area contributed by atoms with Gasteiger partial charge in [-0.15, -0.1) is 0 Å². The second-order valence-corrected chi connectivity index (χ2v) is 7.71. The monoisotopic (exact) mass is 422 g/mol. The molecule has 31 heavy (non-hydrogen) atoms. The van der Waals surface area contributed by atoms with Crippen LogP contribution in [0.3, 0.4) is 0 Å². The Hall–Kier alpha value is -3.48. The maximum Gasteiger partial charge on any atom is 0.339 e. The van der Waals surface area contributed by atoms with Gasteiger partial charge in [-0.25, -0.2) is 9.59 Å². The number of rotatable bonds is 6. The molecule has 1 aliphatic rings. The highest BCUT2D eigenvalue weighted by Crippen LogP contribution is 2.23. The molecule has 3 rings (SSSR count). The minimum Gasteiger partial charge on any atom is -0.452 e. The van der Waals surface area contributed by atoms with Gasteiger partial charge >= 0.3 is 12.0 Å². The standard InChI is InChI=1S/C24H26N2O5/c1-16-9-5-8-14-20(16)25-24(30)26-21(27)15-31-23(29)19-13-7-6-12-18(19)22(28)17-10-3-2-4-11-17/h2-4,6-7,10-13,16,20H,5,8-9,14-15H2,1H3,(H2,25,26,27,30)/t16-,20-/m1/s1. The van der Waals surface area contributed by atoms with Gasteiger partial charge in [-0.05, 0) is 24.8 Å². The molecule has 0 saturated heterocycles. The normalized spacial score (nSPS) is 18.0. The van der Waals surface area contributed by atoms with Crippen molar-refractivity contribution in [2.75, 3.05) is 6.61 Å². The predicted molar refractivity (Wildman–Crippen MR) is 115 cm³/mol. The highest BCUT2D eigenvalue weighted by Gasteiger charge is 2.24. The van der Waals surface area contributed by atoms with Crippen LogP contribution in [0.4, 0.5) is 4.79 Å². The molecular formula is C24H26N2O5. The van der Waals surface area contributed by atoms with Gasteiger partial charge in [-0.2, -0.15) is 0 Å². The first-order valence-electron chi connectivity index (χ1n) is 10.4. The van der Waals surface area contributed by atoms with Crippen LogP contribution < -0.4 is 10.6 Å². The Morgan fingerprint density at radius 1 is 0.903 bits per heavy atom. The number of ketones is 1. The minimum atomic E-state index is -0.809. The first kappa shape index (κ1) is 22.2. The zero-order valence-electron chi connectivity index (χ0n) is 17.4. The average molecular weight is 422 g/mol. The number of urea groups is 1. The van der Waals surface area contributed by atoms with Crippen molar-refractivity contribution in [2.24, 2.45) is 5.92 Å². The van der Waals surface area contributed by atoms with Crippen molar-refractivity contribution in [3.63, 3.8) is 0 Å². The molecule has 0 radical (unpaired) electrons. The zero-order chi connectivity index (χ0) is 22.2. The number of amides is 3. The van der Waals surface area contributed by atoms with E-state index >= 15 is 0 Å². The van der Waals surface area contributed by atoms with Crippen molar-refractivity contribution in [3.8, 4) is 0 Å². The summed E-state index contributed by atoms with van der Waals surface area (Å²) in [6.07, 6.45) is 4.10. The lowest BCUT2D eigenvalue weighted by Crippen LogP contribution is -2.48. The van der Waals surface area contributed by atoms with Crippen molar-refractivity contribution in [1.82, 2.24) is 10.6 Å². The van der Waals surface area contributed by atoms with Crippen LogP contribution in [-0.2, 0) is 9.53 Å². The molecule has 0 aromatic heterocycles. The molecule has 2 aromatic rings. The van der Waals surface area contributed by atoms with Gasteiger partial charge in [0.1, 0.15) is 0 Å². The van der Waals surface area contributed by atoms with E-state index in [1.54, 1.807) is 42.5 Å². The fraction of sp³-hybridized carbons (Fsp3) is 0.333. The highest BCUT2D eigenvalue weighted by molar-refractivity contribution is 6.14. The summed E-state index contributed by atoms with van der Waals surface area (Å²) in [4.78, 5) is 49.3. The van der Waals surface area contributed by atoms with E-state index in [4.69, 9.17) is 4.74 Å². The van der Waals surface area contributed by atoms with E-state index in [0.717, 1.165) is 25.7 Å². The second-order valence-electron chi connectivity index (χ2n) is 7.71. The molecule has 162 valence electrons. The van der Waals surface area contributed by atoms with Gasteiger partial charge in [-0.1, -0.05) is 68.3 Å². The molecule has 2 atom stereocenters. The maximum absolute atomic E-state index is 12.7. The van der Waals surface area contributed by atoms with Crippen LogP contribution in [0.5, 0.6) is 0 Å². The fourth-order valence-electron chi connectivity index (χ4n) is 3.71. The summed E-state index contributed by atoms with van der Waals surface area (Å²) < 4.78 is 5.05. The number of hydrogen-bond acceptors (Lipinski definition) is 5. The van der Waals surface area contributed by atoms with Crippen molar-refractivity contribution in [3.05, 3.63) is 71.3 Å². The summed E-state index contributed by atoms with van der Waals surface area (Å²) >= 11 is 0. The first-order chi connectivity index (χ1) is 15.0. The van der Waals surface area contributed by atoms with Gasteiger partial charge in [0.25, 0.3) is 5.91 Å². The van der Waals surface area contributed by atoms with Crippen LogP contribution in [0.2, 0.25) is 0 Å². The number of carbonyl (C=O) groups excluding carboxylic acids is 4. The Kier molecular flexibility index (Phi) is 7.54. The molecule has 1 fully saturated rings. The van der Waals surface area contributed by atoms with E-state index in [0.29, 0.717) is 11.5 Å². The predicted octanol–water partition coefficient (Wildman–Crippen LogP) is 3.48. The van der Waals surface area contributed by atoms with Crippen LogP contribution in [0.1, 0.15) is 58.9 Å². The lowest BCUT2D eigenvalue weighted by atomic mass is 9.86. The maximum atomic E-state index is 12.7. The number of carbonyl (C=O) groups is 4. The molecule has 7 nitrogen and oxygen atoms in total. The van der Waals surface area contributed by atoms with Crippen LogP contribution in [-0.4, -0.2) is 36.3 Å². The minimum absolute atomic E-state index is 0.0278. The van der Waals surface area contributed by atoms with E-state index in [9.17, 15) is 19.2 Å². The number of hydrogen-bond donors (Lipinski definition) is 2. The zero-order valence-corrected chi connectivity index (χ0v) is 17.4. The van der Waals surface area contributed by atoms with Crippen molar-refractivity contribution in [2.45, 2.75) is 38.6 Å². The quantitative estimate of drug-likeness (QED) is 0.548. The molecule has 0 bridgehead atoms. The average Bonchev–Trinajstić information content (AvgIpc) is 2.79. The smallest absolute Gasteiger partial charge is 0.339 e. The van der Waals surface area contributed by atoms with E-state index in [-0.39, 0.29) is 23.0 Å². The molecular weight excluding hydrogens is 396 g/mol. The Morgan fingerprint density at radius 2 is 1.55 bits per heavy atom. The Labute approximate surface area is 181 Å². The van der Waals surface area contributed by atoms with Gasteiger partial charge in [0.2, 0.25) is 0 Å². The summed E-state index contributed by atoms with van der Waals surface area (Å²) in [7, 11) is 0. The van der Waals surface area contributed by atoms with E-state index in [2.05, 4.69) is 17.6 Å². The van der Waals surface area contributed by atoms with Crippen molar-refractivity contribution >= 4 is 23.7 Å². The molecule has 0 aliphatic heterocycles. The molecule has 0 heterocycles. The number of esters is 1. The summed E-state index contributed by atoms with van der Waals surface area (Å²) in [5.74, 6) is -1.51. The topological polar surface area (TPSA) is 102 Å². The molecule has 1 saturated carbocycles. The fourth-order valence-corrected chi connectivity index (χ4v) is 3.71. The van der Waals surface area contributed by atoms with Crippen LogP contribution in [0.25, 0.3) is 0 Å². The van der Waals surface area contributed by atoms with Gasteiger partial charge in [0.15, 0.2) is 12.4 Å². The summed E-state index contributed by atoms with van der Waals surface area (Å²) in [5, 5.41) is 4.99. The summed E-state index contributed by atoms with van der Waals surface area (Å²) in [5.41, 5.74) is 0.682. The summed E-state index contributed by atoms with van der Waals surface area (Å²) in [6, 6.07) is 14.3. The molecule has 2 N–H and O–H groups in total. The van der Waals surface area contributed by atoms with Crippen LogP contribution in [0, 0.1) is 5.92 Å². The van der Waals surface area contributed by atoms with Gasteiger partial charge < -0.3 is 10.1 Å². The van der Waals surface area contributed by atoms with Gasteiger partial charge in [0, 0.05) is 17.2 Å². The third-order valence-corrected chi connectivity index (χ3v) is 5.44. The first-order valence-corrected chi connectivity index (χ1v) is 10.4. The van der Waals surface area contributed by atoms with E-state index in [1.165, 1.54) is 12.1 Å². The molecule has 0 unspecified atom stereocenters. The molecule has 7 heteroatoms. The highest BCUT2D eigenvalue weighted by atomic mass is 16.5. The van der Waals surface area contributed by atoms with Gasteiger partial charge in [-0.3, -0.25) is 14.9 Å². The Morgan fingerprint density at radius 3 is 2.26 bits per heavy atom. The third kappa shape index (κ3) is 6.01. The van der Waals surface area contributed by atoms with E-state index < -0.39 is 24.5 Å². The number of benzene rings is 2. The SMILES string of the molecule is C[C@@H]1CCCC[C@H]1NC(=O)NC(=O)COC(=O)c1ccccc1C(=O)c1ccccc1. The Bertz CT molecular complexity index is 957. The Balaban J connectivity index is 1.55. The second kappa shape index (κ2) is 10.5. The number of imide groups is 1. The van der Waals surface area contributed by atoms with Gasteiger partial charge in [0.05, 0.1) is 5.56 Å². The van der Waals surface area contributed by atoms with Crippen LogP contribution in [0.15, 0.2) is 54.6 Å². The number of nitrogens with one attached hydrogen (secondary N) is 2. The third-order valence-electron chi connectivity index (χ3n) is 5.44. The molecule has 3 amide bonds. The van der Waals surface area contributed by atoms with Crippen molar-refractivity contribution in [1.29, 1.82) is 0 Å². The lowest BCUT2D eigenvalue weighted by Gasteiger charge is -2.29. The molecule has 1 aliphatic carbocycles. The van der Waals surface area contributed by atoms with E-state index in [1.807, 2.05) is 0 Å². The molecule has 2 aromatic carbocycles. The largest absolute Gasteiger partial charge is 0.452 e. The van der Waals surface area contributed by atoms with Crippen LogP contribution >= 0.6 is 0 Å². The van der Waals surface area contributed by atoms with Crippen molar-refractivity contribution < 1.29 is 23.9 Å². The summed E-state index contributed by atoms with van der Waals surface area (Å²) in [6.45, 7) is 1.45. The number of ether oxygens (including phenoxy) is 1. The molecule has 0 spiro atoms.